The molecule has 10 heteroatoms. The van der Waals surface area contributed by atoms with Crippen LogP contribution < -0.4 is 4.90 Å². The van der Waals surface area contributed by atoms with Crippen molar-refractivity contribution in [3.63, 3.8) is 0 Å². The van der Waals surface area contributed by atoms with Gasteiger partial charge in [0.25, 0.3) is 5.91 Å². The number of aliphatic hydroxyl groups is 1. The number of rotatable bonds is 7. The first-order chi connectivity index (χ1) is 14.8. The number of β-amino-alcohol motifs (C(OH)–C–C–N with tert-alkyl or cyclic N) is 1. The molecule has 31 heavy (non-hydrogen) atoms. The highest BCUT2D eigenvalue weighted by Gasteiger charge is 2.76. The molecule has 3 saturated heterocycles. The number of hydrogen-bond donors (Lipinski definition) is 2. The molecule has 3 heterocycles. The molecule has 3 aliphatic rings. The molecule has 2 bridgehead atoms. The molecule has 1 aromatic carbocycles. The predicted molar refractivity (Wildman–Crippen MR) is 123 cm³/mol. The molecule has 1 spiro atoms. The Kier molecular flexibility index (Phi) is 6.15. The van der Waals surface area contributed by atoms with Gasteiger partial charge >= 0.3 is 5.97 Å². The molecule has 0 radical (unpaired) electrons. The normalized spacial score (nSPS) is 33.5. The van der Waals surface area contributed by atoms with Gasteiger partial charge < -0.3 is 20.0 Å². The van der Waals surface area contributed by atoms with Crippen LogP contribution in [0.4, 0.5) is 5.69 Å². The molecule has 3 aliphatic heterocycles. The van der Waals surface area contributed by atoms with Crippen molar-refractivity contribution in [2.45, 2.75) is 27.3 Å². The average Bonchev–Trinajstić information content (AvgIpc) is 3.31. The van der Waals surface area contributed by atoms with Gasteiger partial charge in [0, 0.05) is 33.9 Å². The zero-order valence-corrected chi connectivity index (χ0v) is 19.6. The largest absolute Gasteiger partial charge is 0.481 e. The first-order valence-electron chi connectivity index (χ1n) is 9.90. The summed E-state index contributed by atoms with van der Waals surface area (Å²) in [5.74, 6) is -3.39. The van der Waals surface area contributed by atoms with Crippen molar-refractivity contribution >= 4 is 62.8 Å². The van der Waals surface area contributed by atoms with Crippen LogP contribution in [-0.2, 0) is 14.4 Å². The van der Waals surface area contributed by atoms with Crippen molar-refractivity contribution in [3.8, 4) is 0 Å². The number of likely N-dealkylation sites (tertiary alicyclic amines) is 1. The Morgan fingerprint density at radius 3 is 2.65 bits per heavy atom. The van der Waals surface area contributed by atoms with Gasteiger partial charge in [-0.25, -0.2) is 0 Å². The molecule has 7 nitrogen and oxygen atoms in total. The molecule has 0 aliphatic carbocycles. The molecule has 0 saturated carbocycles. The second kappa shape index (κ2) is 8.42. The van der Waals surface area contributed by atoms with Crippen molar-refractivity contribution in [2.24, 2.45) is 11.8 Å². The van der Waals surface area contributed by atoms with Crippen LogP contribution in [0.15, 0.2) is 36.9 Å². The number of carboxylic acids is 1. The number of halogens is 2. The van der Waals surface area contributed by atoms with E-state index in [1.807, 2.05) is 0 Å². The molecular weight excluding hydrogens is 508 g/mol. The van der Waals surface area contributed by atoms with Crippen molar-refractivity contribution in [1.29, 1.82) is 0 Å². The second-order valence-electron chi connectivity index (χ2n) is 7.97. The number of aliphatic carboxylic acids is 1. The van der Waals surface area contributed by atoms with E-state index in [4.69, 9.17) is 11.6 Å². The number of aliphatic hydroxyl groups excluding tert-OH is 1. The van der Waals surface area contributed by atoms with Gasteiger partial charge in [-0.15, -0.1) is 18.3 Å². The summed E-state index contributed by atoms with van der Waals surface area (Å²) in [4.78, 5) is 42.2. The molecule has 0 aromatic heterocycles. The van der Waals surface area contributed by atoms with Crippen LogP contribution in [0.25, 0.3) is 0 Å². The van der Waals surface area contributed by atoms with Gasteiger partial charge in [0.1, 0.15) is 6.04 Å². The van der Waals surface area contributed by atoms with Gasteiger partial charge in [-0.1, -0.05) is 33.6 Å². The summed E-state index contributed by atoms with van der Waals surface area (Å²) in [5.41, 5.74) is 0.605. The Balaban J connectivity index is 1.79. The lowest BCUT2D eigenvalue weighted by molar-refractivity contribution is -0.148. The van der Waals surface area contributed by atoms with E-state index in [1.54, 1.807) is 30.3 Å². The minimum absolute atomic E-state index is 0.0272. The third kappa shape index (κ3) is 3.41. The number of carboxylic acid groups (broad SMARTS) is 1. The number of amides is 2. The topological polar surface area (TPSA) is 98.2 Å². The number of anilines is 1. The summed E-state index contributed by atoms with van der Waals surface area (Å²) in [6.07, 6.45) is 2.10. The maximum Gasteiger partial charge on any atom is 0.308 e. The fraction of sp³-hybridized carbons (Fsp3) is 0.476. The van der Waals surface area contributed by atoms with Gasteiger partial charge in [-0.05, 0) is 30.7 Å². The van der Waals surface area contributed by atoms with E-state index < -0.39 is 28.6 Å². The summed E-state index contributed by atoms with van der Waals surface area (Å²) in [6.45, 7) is 3.62. The fourth-order valence-electron chi connectivity index (χ4n) is 5.26. The van der Waals surface area contributed by atoms with Crippen molar-refractivity contribution in [3.05, 3.63) is 41.9 Å². The Labute approximate surface area is 197 Å². The minimum Gasteiger partial charge on any atom is -0.481 e. The SMILES string of the molecule is C=CCN(C(=O)C1N(CCO)C(=O)[C@@H]2[C@H](C(=O)O)[C@H]3SC12CC3Br)c1ccc(Cl)cc1. The molecular formula is C21H22BrClN2O5S. The first kappa shape index (κ1) is 22.6. The maximum atomic E-state index is 14.0. The summed E-state index contributed by atoms with van der Waals surface area (Å²) in [5, 5.41) is 19.7. The van der Waals surface area contributed by atoms with Gasteiger partial charge in [0.05, 0.1) is 23.2 Å². The maximum absolute atomic E-state index is 14.0. The number of thioether (sulfide) groups is 1. The summed E-state index contributed by atoms with van der Waals surface area (Å²) < 4.78 is -0.864. The number of carbonyl (C=O) groups excluding carboxylic acids is 2. The van der Waals surface area contributed by atoms with Crippen LogP contribution in [-0.4, -0.2) is 73.5 Å². The van der Waals surface area contributed by atoms with E-state index in [1.165, 1.54) is 21.6 Å². The molecule has 3 fully saturated rings. The highest BCUT2D eigenvalue weighted by Crippen LogP contribution is 2.67. The smallest absolute Gasteiger partial charge is 0.308 e. The molecule has 4 rings (SSSR count). The number of nitrogens with zero attached hydrogens (tertiary/aromatic N) is 2. The van der Waals surface area contributed by atoms with E-state index in [2.05, 4.69) is 22.5 Å². The fourth-order valence-corrected chi connectivity index (χ4v) is 8.99. The zero-order chi connectivity index (χ0) is 22.5. The lowest BCUT2D eigenvalue weighted by atomic mass is 9.71. The van der Waals surface area contributed by atoms with Gasteiger partial charge in [-0.2, -0.15) is 0 Å². The van der Waals surface area contributed by atoms with Crippen molar-refractivity contribution in [2.75, 3.05) is 24.6 Å². The Morgan fingerprint density at radius 1 is 1.39 bits per heavy atom. The quantitative estimate of drug-likeness (QED) is 0.416. The predicted octanol–water partition coefficient (Wildman–Crippen LogP) is 2.40. The molecule has 1 aromatic rings. The lowest BCUT2D eigenvalue weighted by Crippen LogP contribution is -2.56. The summed E-state index contributed by atoms with van der Waals surface area (Å²) in [6, 6.07) is 5.92. The molecule has 166 valence electrons. The van der Waals surface area contributed by atoms with Gasteiger partial charge in [0.15, 0.2) is 0 Å². The number of benzene rings is 1. The number of fused-ring (bicyclic) bond motifs is 1. The molecule has 6 atom stereocenters. The van der Waals surface area contributed by atoms with Crippen molar-refractivity contribution < 1.29 is 24.6 Å². The Bertz CT molecular complexity index is 931. The van der Waals surface area contributed by atoms with E-state index in [0.717, 1.165) is 0 Å². The van der Waals surface area contributed by atoms with Crippen LogP contribution in [0.1, 0.15) is 6.42 Å². The number of carbonyl (C=O) groups is 3. The number of alkyl halides is 1. The Morgan fingerprint density at radius 2 is 2.06 bits per heavy atom. The highest BCUT2D eigenvalue weighted by molar-refractivity contribution is 9.09. The van der Waals surface area contributed by atoms with Crippen LogP contribution in [0, 0.1) is 11.8 Å². The van der Waals surface area contributed by atoms with Crippen LogP contribution in [0.5, 0.6) is 0 Å². The Hall–Kier alpha value is -1.55. The minimum atomic E-state index is -1.03. The standard InChI is InChI=1S/C21H22BrClN2O5S/c1-2-7-24(12-5-3-11(23)4-6-12)19(28)17-21-10-13(22)16(31-21)14(20(29)30)15(21)18(27)25(17)8-9-26/h2-6,13-17,26H,1,7-10H2,(H,29,30)/t13?,14-,15-,16-,17?,21?/m0/s1. The van der Waals surface area contributed by atoms with Gasteiger partial charge in [-0.3, -0.25) is 14.4 Å². The average molecular weight is 530 g/mol. The molecule has 2 amide bonds. The van der Waals surface area contributed by atoms with E-state index in [-0.39, 0.29) is 41.6 Å². The van der Waals surface area contributed by atoms with E-state index >= 15 is 0 Å². The summed E-state index contributed by atoms with van der Waals surface area (Å²) >= 11 is 11.0. The van der Waals surface area contributed by atoms with Gasteiger partial charge in [0.2, 0.25) is 5.91 Å². The monoisotopic (exact) mass is 528 g/mol. The van der Waals surface area contributed by atoms with E-state index in [9.17, 15) is 24.6 Å². The van der Waals surface area contributed by atoms with Crippen LogP contribution in [0.3, 0.4) is 0 Å². The van der Waals surface area contributed by atoms with Crippen molar-refractivity contribution in [1.82, 2.24) is 4.90 Å². The van der Waals surface area contributed by atoms with E-state index in [0.29, 0.717) is 17.1 Å². The zero-order valence-electron chi connectivity index (χ0n) is 16.5. The van der Waals surface area contributed by atoms with Crippen LogP contribution in [0.2, 0.25) is 5.02 Å². The lowest BCUT2D eigenvalue weighted by Gasteiger charge is -2.37. The molecule has 2 N–H and O–H groups in total. The van der Waals surface area contributed by atoms with Crippen LogP contribution >= 0.6 is 39.3 Å². The molecule has 3 unspecified atom stereocenters. The first-order valence-corrected chi connectivity index (χ1v) is 12.1. The number of hydrogen-bond acceptors (Lipinski definition) is 5. The summed E-state index contributed by atoms with van der Waals surface area (Å²) in [7, 11) is 0. The highest BCUT2D eigenvalue weighted by atomic mass is 79.9. The third-order valence-electron chi connectivity index (χ3n) is 6.37. The third-order valence-corrected chi connectivity index (χ3v) is 9.84. The second-order valence-corrected chi connectivity index (χ2v) is 11.1.